The van der Waals surface area contributed by atoms with Crippen molar-refractivity contribution in [1.82, 2.24) is 4.90 Å². The number of nitrogens with zero attached hydrogens (tertiary/aromatic N) is 1. The van der Waals surface area contributed by atoms with Gasteiger partial charge >= 0.3 is 0 Å². The minimum absolute atomic E-state index is 0.121. The van der Waals surface area contributed by atoms with E-state index < -0.39 is 5.60 Å². The van der Waals surface area contributed by atoms with Gasteiger partial charge < -0.3 is 10.2 Å². The molecule has 1 fully saturated rings. The summed E-state index contributed by atoms with van der Waals surface area (Å²) in [5, 5.41) is 19.3. The average molecular weight is 273 g/mol. The molecule has 2 rings (SSSR count). The van der Waals surface area contributed by atoms with Crippen LogP contribution in [0.2, 0.25) is 0 Å². The van der Waals surface area contributed by atoms with E-state index in [1.807, 2.05) is 25.2 Å². The van der Waals surface area contributed by atoms with Crippen LogP contribution in [0.15, 0.2) is 24.3 Å². The van der Waals surface area contributed by atoms with Crippen LogP contribution in [0, 0.1) is 11.8 Å². The molecular weight excluding hydrogens is 250 g/mol. The third-order valence-corrected chi connectivity index (χ3v) is 3.86. The predicted molar refractivity (Wildman–Crippen MR) is 80.2 cm³/mol. The Kier molecular flexibility index (Phi) is 5.19. The largest absolute Gasteiger partial charge is 0.389 e. The third kappa shape index (κ3) is 4.08. The number of aliphatic hydroxyl groups is 2. The lowest BCUT2D eigenvalue weighted by molar-refractivity contribution is 0.0145. The normalized spacial score (nSPS) is 17.0. The molecule has 0 amide bonds. The first-order chi connectivity index (χ1) is 9.63. The summed E-state index contributed by atoms with van der Waals surface area (Å²) in [6.45, 7) is 1.34. The minimum atomic E-state index is -0.513. The van der Waals surface area contributed by atoms with Gasteiger partial charge in [0.2, 0.25) is 0 Å². The van der Waals surface area contributed by atoms with E-state index in [-0.39, 0.29) is 6.61 Å². The molecule has 1 saturated carbocycles. The molecular formula is C17H23NO2. The molecule has 0 aromatic heterocycles. The quantitative estimate of drug-likeness (QED) is 0.822. The highest BCUT2D eigenvalue weighted by Gasteiger charge is 2.32. The number of rotatable bonds is 4. The fourth-order valence-corrected chi connectivity index (χ4v) is 2.96. The fraction of sp³-hybridized carbons (Fsp3) is 0.529. The molecule has 20 heavy (non-hydrogen) atoms. The molecule has 0 saturated heterocycles. The molecule has 0 atom stereocenters. The van der Waals surface area contributed by atoms with E-state index in [0.717, 1.165) is 43.4 Å². The molecule has 0 bridgehead atoms. The van der Waals surface area contributed by atoms with E-state index in [2.05, 4.69) is 22.8 Å². The first-order valence-corrected chi connectivity index (χ1v) is 7.21. The fourth-order valence-electron chi connectivity index (χ4n) is 2.96. The lowest BCUT2D eigenvalue weighted by Gasteiger charge is -2.28. The van der Waals surface area contributed by atoms with E-state index in [1.165, 1.54) is 0 Å². The van der Waals surface area contributed by atoms with E-state index in [1.54, 1.807) is 0 Å². The lowest BCUT2D eigenvalue weighted by atomic mass is 10.0. The molecule has 0 aliphatic heterocycles. The third-order valence-electron chi connectivity index (χ3n) is 3.86. The maximum absolute atomic E-state index is 10.4. The molecule has 3 nitrogen and oxygen atoms in total. The van der Waals surface area contributed by atoms with Crippen LogP contribution in [0.4, 0.5) is 0 Å². The molecule has 1 aliphatic rings. The Balaban J connectivity index is 2.02. The topological polar surface area (TPSA) is 43.7 Å². The molecule has 1 aromatic carbocycles. The highest BCUT2D eigenvalue weighted by molar-refractivity contribution is 5.41. The van der Waals surface area contributed by atoms with Gasteiger partial charge in [0.25, 0.3) is 0 Å². The van der Waals surface area contributed by atoms with Gasteiger partial charge in [-0.15, -0.1) is 0 Å². The van der Waals surface area contributed by atoms with Gasteiger partial charge in [0.15, 0.2) is 0 Å². The SMILES string of the molecule is CN(Cc1ccccc1C#CCO)CC1(O)CCCC1. The monoisotopic (exact) mass is 273 g/mol. The molecule has 108 valence electrons. The van der Waals surface area contributed by atoms with Crippen molar-refractivity contribution in [3.05, 3.63) is 35.4 Å². The van der Waals surface area contributed by atoms with E-state index in [0.29, 0.717) is 6.54 Å². The van der Waals surface area contributed by atoms with Gasteiger partial charge in [-0.05, 0) is 31.5 Å². The zero-order chi connectivity index (χ0) is 14.4. The van der Waals surface area contributed by atoms with Gasteiger partial charge in [0, 0.05) is 18.7 Å². The first kappa shape index (κ1) is 15.1. The van der Waals surface area contributed by atoms with Crippen molar-refractivity contribution >= 4 is 0 Å². The smallest absolute Gasteiger partial charge is 0.104 e. The molecule has 0 heterocycles. The second-order valence-corrected chi connectivity index (χ2v) is 5.72. The molecule has 1 aliphatic carbocycles. The van der Waals surface area contributed by atoms with Crippen LogP contribution in [-0.2, 0) is 6.54 Å². The maximum atomic E-state index is 10.4. The standard InChI is InChI=1S/C17H23NO2/c1-18(14-17(20)10-4-5-11-17)13-16-8-3-2-7-15(16)9-6-12-19/h2-3,7-8,19-20H,4-5,10-14H2,1H3. The van der Waals surface area contributed by atoms with Crippen molar-refractivity contribution in [3.8, 4) is 11.8 Å². The highest BCUT2D eigenvalue weighted by atomic mass is 16.3. The average Bonchev–Trinajstić information content (AvgIpc) is 2.84. The van der Waals surface area contributed by atoms with Crippen LogP contribution in [0.25, 0.3) is 0 Å². The van der Waals surface area contributed by atoms with Crippen LogP contribution < -0.4 is 0 Å². The molecule has 2 N–H and O–H groups in total. The second kappa shape index (κ2) is 6.90. The Morgan fingerprint density at radius 2 is 1.95 bits per heavy atom. The first-order valence-electron chi connectivity index (χ1n) is 7.21. The van der Waals surface area contributed by atoms with Gasteiger partial charge in [-0.1, -0.05) is 42.9 Å². The van der Waals surface area contributed by atoms with E-state index in [4.69, 9.17) is 5.11 Å². The van der Waals surface area contributed by atoms with Crippen LogP contribution in [-0.4, -0.2) is 40.9 Å². The van der Waals surface area contributed by atoms with Crippen LogP contribution in [0.5, 0.6) is 0 Å². The number of hydrogen-bond donors (Lipinski definition) is 2. The van der Waals surface area contributed by atoms with Gasteiger partial charge in [-0.2, -0.15) is 0 Å². The molecule has 0 spiro atoms. The Labute approximate surface area is 121 Å². The zero-order valence-corrected chi connectivity index (χ0v) is 12.1. The molecule has 3 heteroatoms. The van der Waals surface area contributed by atoms with Gasteiger partial charge in [0.05, 0.1) is 5.60 Å². The van der Waals surface area contributed by atoms with Gasteiger partial charge in [0.1, 0.15) is 6.61 Å². The number of hydrogen-bond acceptors (Lipinski definition) is 3. The maximum Gasteiger partial charge on any atom is 0.104 e. The summed E-state index contributed by atoms with van der Waals surface area (Å²) in [6, 6.07) is 7.97. The van der Waals surface area contributed by atoms with E-state index in [9.17, 15) is 5.11 Å². The van der Waals surface area contributed by atoms with Crippen molar-refractivity contribution in [2.75, 3.05) is 20.2 Å². The highest BCUT2D eigenvalue weighted by Crippen LogP contribution is 2.30. The summed E-state index contributed by atoms with van der Waals surface area (Å²) in [7, 11) is 2.03. The van der Waals surface area contributed by atoms with Crippen molar-refractivity contribution < 1.29 is 10.2 Å². The summed E-state index contributed by atoms with van der Waals surface area (Å²) >= 11 is 0. The Hall–Kier alpha value is -1.34. The van der Waals surface area contributed by atoms with Crippen molar-refractivity contribution in [2.45, 2.75) is 37.8 Å². The number of likely N-dealkylation sites (N-methyl/N-ethyl adjacent to an activating group) is 1. The predicted octanol–water partition coefficient (Wildman–Crippen LogP) is 1.77. The molecule has 1 aromatic rings. The lowest BCUT2D eigenvalue weighted by Crippen LogP contribution is -2.38. The van der Waals surface area contributed by atoms with Crippen molar-refractivity contribution in [1.29, 1.82) is 0 Å². The molecule has 0 unspecified atom stereocenters. The van der Waals surface area contributed by atoms with Crippen molar-refractivity contribution in [2.24, 2.45) is 0 Å². The Morgan fingerprint density at radius 1 is 1.25 bits per heavy atom. The number of aliphatic hydroxyl groups excluding tert-OH is 1. The zero-order valence-electron chi connectivity index (χ0n) is 12.1. The van der Waals surface area contributed by atoms with Gasteiger partial charge in [-0.3, -0.25) is 4.90 Å². The number of benzene rings is 1. The summed E-state index contributed by atoms with van der Waals surface area (Å²) in [4.78, 5) is 2.16. The minimum Gasteiger partial charge on any atom is -0.389 e. The summed E-state index contributed by atoms with van der Waals surface area (Å²) < 4.78 is 0. The molecule has 0 radical (unpaired) electrons. The Bertz CT molecular complexity index is 495. The Morgan fingerprint density at radius 3 is 2.65 bits per heavy atom. The summed E-state index contributed by atoms with van der Waals surface area (Å²) in [6.07, 6.45) is 4.07. The van der Waals surface area contributed by atoms with E-state index >= 15 is 0 Å². The van der Waals surface area contributed by atoms with Gasteiger partial charge in [-0.25, -0.2) is 0 Å². The van der Waals surface area contributed by atoms with Crippen LogP contribution in [0.3, 0.4) is 0 Å². The van der Waals surface area contributed by atoms with Crippen LogP contribution in [0.1, 0.15) is 36.8 Å². The summed E-state index contributed by atoms with van der Waals surface area (Å²) in [5.74, 6) is 5.68. The van der Waals surface area contributed by atoms with Crippen LogP contribution >= 0.6 is 0 Å². The second-order valence-electron chi connectivity index (χ2n) is 5.72. The van der Waals surface area contributed by atoms with Crippen molar-refractivity contribution in [3.63, 3.8) is 0 Å². The summed E-state index contributed by atoms with van der Waals surface area (Å²) in [5.41, 5.74) is 1.57.